The molecule has 1 aliphatic carbocycles. The summed E-state index contributed by atoms with van der Waals surface area (Å²) in [4.78, 5) is 37.6. The Labute approximate surface area is 107 Å². The van der Waals surface area contributed by atoms with E-state index in [0.29, 0.717) is 12.8 Å². The molecule has 4 amide bonds. The van der Waals surface area contributed by atoms with Crippen molar-refractivity contribution in [2.24, 2.45) is 5.41 Å². The van der Waals surface area contributed by atoms with Crippen LogP contribution in [-0.4, -0.2) is 28.3 Å². The van der Waals surface area contributed by atoms with Gasteiger partial charge in [0.15, 0.2) is 0 Å². The first-order valence-corrected chi connectivity index (χ1v) is 6.55. The van der Waals surface area contributed by atoms with Gasteiger partial charge in [0, 0.05) is 5.54 Å². The maximum atomic E-state index is 12.5. The quantitative estimate of drug-likeness (QED) is 0.779. The first-order chi connectivity index (χ1) is 8.35. The molecule has 0 aromatic heterocycles. The van der Waals surface area contributed by atoms with Crippen molar-refractivity contribution in [3.8, 4) is 0 Å². The van der Waals surface area contributed by atoms with Gasteiger partial charge in [0.1, 0.15) is 5.41 Å². The van der Waals surface area contributed by atoms with E-state index in [0.717, 1.165) is 19.3 Å². The average Bonchev–Trinajstić information content (AvgIpc) is 2.12. The molecule has 2 fully saturated rings. The van der Waals surface area contributed by atoms with E-state index in [2.05, 4.69) is 5.32 Å². The number of carbonyl (C=O) groups excluding carboxylic acids is 3. The van der Waals surface area contributed by atoms with Crippen LogP contribution >= 0.6 is 0 Å². The highest BCUT2D eigenvalue weighted by Gasteiger charge is 2.59. The number of nitrogens with one attached hydrogen (secondary N) is 1. The molecule has 0 aromatic carbocycles. The van der Waals surface area contributed by atoms with Crippen molar-refractivity contribution in [1.82, 2.24) is 10.2 Å². The van der Waals surface area contributed by atoms with Gasteiger partial charge in [-0.2, -0.15) is 0 Å². The van der Waals surface area contributed by atoms with Gasteiger partial charge in [-0.3, -0.25) is 19.8 Å². The van der Waals surface area contributed by atoms with Crippen LogP contribution in [0.5, 0.6) is 0 Å². The van der Waals surface area contributed by atoms with Crippen molar-refractivity contribution in [3.05, 3.63) is 0 Å². The molecule has 0 radical (unpaired) electrons. The lowest BCUT2D eigenvalue weighted by molar-refractivity contribution is -0.161. The Kier molecular flexibility index (Phi) is 2.95. The minimum Gasteiger partial charge on any atom is -0.277 e. The Morgan fingerprint density at radius 1 is 1.28 bits per heavy atom. The largest absolute Gasteiger partial charge is 0.331 e. The summed E-state index contributed by atoms with van der Waals surface area (Å²) in [6.45, 7) is 5.75. The molecule has 0 bridgehead atoms. The Morgan fingerprint density at radius 2 is 1.89 bits per heavy atom. The highest BCUT2D eigenvalue weighted by Crippen LogP contribution is 2.46. The second-order valence-corrected chi connectivity index (χ2v) is 5.90. The van der Waals surface area contributed by atoms with E-state index in [1.807, 2.05) is 20.8 Å². The van der Waals surface area contributed by atoms with Crippen LogP contribution in [0.25, 0.3) is 0 Å². The summed E-state index contributed by atoms with van der Waals surface area (Å²) in [7, 11) is 0. The molecule has 1 spiro atoms. The monoisotopic (exact) mass is 252 g/mol. The molecule has 0 unspecified atom stereocenters. The van der Waals surface area contributed by atoms with E-state index in [9.17, 15) is 14.4 Å². The molecule has 0 atom stereocenters. The fourth-order valence-corrected chi connectivity index (χ4v) is 2.92. The van der Waals surface area contributed by atoms with Crippen molar-refractivity contribution < 1.29 is 14.4 Å². The third-order valence-corrected chi connectivity index (χ3v) is 4.14. The van der Waals surface area contributed by atoms with Gasteiger partial charge in [-0.1, -0.05) is 19.8 Å². The zero-order valence-corrected chi connectivity index (χ0v) is 11.2. The van der Waals surface area contributed by atoms with Gasteiger partial charge in [0.25, 0.3) is 0 Å². The van der Waals surface area contributed by atoms with E-state index in [1.54, 1.807) is 0 Å². The molecular formula is C13H20N2O3. The van der Waals surface area contributed by atoms with E-state index < -0.39 is 22.9 Å². The lowest BCUT2D eigenvalue weighted by Crippen LogP contribution is -2.70. The lowest BCUT2D eigenvalue weighted by Gasteiger charge is -2.49. The Bertz CT molecular complexity index is 410. The summed E-state index contributed by atoms with van der Waals surface area (Å²) >= 11 is 0. The normalized spacial score (nSPS) is 23.1. The lowest BCUT2D eigenvalue weighted by atomic mass is 9.65. The molecule has 0 aromatic rings. The molecule has 18 heavy (non-hydrogen) atoms. The second kappa shape index (κ2) is 4.07. The SMILES string of the molecule is CCCC(C)(C)N1C(=O)NC(=O)C2(CCC2)C1=O. The maximum Gasteiger partial charge on any atom is 0.331 e. The maximum absolute atomic E-state index is 12.5. The minimum absolute atomic E-state index is 0.305. The van der Waals surface area contributed by atoms with Crippen LogP contribution in [0.15, 0.2) is 0 Å². The highest BCUT2D eigenvalue weighted by atomic mass is 16.2. The molecule has 2 rings (SSSR count). The fourth-order valence-electron chi connectivity index (χ4n) is 2.92. The molecule has 1 N–H and O–H groups in total. The standard InChI is InChI=1S/C13H20N2O3/c1-4-6-12(2,3)15-10(17)13(7-5-8-13)9(16)14-11(15)18/h4-8H2,1-3H3,(H,14,16,18). The van der Waals surface area contributed by atoms with E-state index in [1.165, 1.54) is 4.90 Å². The number of nitrogens with zero attached hydrogens (tertiary/aromatic N) is 1. The summed E-state index contributed by atoms with van der Waals surface area (Å²) < 4.78 is 0. The summed E-state index contributed by atoms with van der Waals surface area (Å²) in [5.41, 5.74) is -1.50. The number of barbiturate groups is 1. The van der Waals surface area contributed by atoms with Crippen LogP contribution in [0.2, 0.25) is 0 Å². The molecular weight excluding hydrogens is 232 g/mol. The zero-order valence-electron chi connectivity index (χ0n) is 11.2. The first-order valence-electron chi connectivity index (χ1n) is 6.55. The molecule has 1 saturated heterocycles. The fraction of sp³-hybridized carbons (Fsp3) is 0.769. The van der Waals surface area contributed by atoms with Crippen LogP contribution in [0.3, 0.4) is 0 Å². The summed E-state index contributed by atoms with van der Waals surface area (Å²) in [5, 5.41) is 2.34. The van der Waals surface area contributed by atoms with Gasteiger partial charge >= 0.3 is 6.03 Å². The molecule has 1 saturated carbocycles. The summed E-state index contributed by atoms with van der Waals surface area (Å²) in [5.74, 6) is -0.715. The number of rotatable bonds is 3. The van der Waals surface area contributed by atoms with Gasteiger partial charge < -0.3 is 0 Å². The molecule has 5 nitrogen and oxygen atoms in total. The molecule has 5 heteroatoms. The Morgan fingerprint density at radius 3 is 2.33 bits per heavy atom. The third kappa shape index (κ3) is 1.64. The topological polar surface area (TPSA) is 66.5 Å². The van der Waals surface area contributed by atoms with Gasteiger partial charge in [-0.15, -0.1) is 0 Å². The van der Waals surface area contributed by atoms with E-state index in [-0.39, 0.29) is 5.91 Å². The van der Waals surface area contributed by atoms with Crippen molar-refractivity contribution >= 4 is 17.8 Å². The number of imide groups is 2. The van der Waals surface area contributed by atoms with Crippen molar-refractivity contribution in [2.75, 3.05) is 0 Å². The van der Waals surface area contributed by atoms with E-state index >= 15 is 0 Å². The van der Waals surface area contributed by atoms with Crippen LogP contribution < -0.4 is 5.32 Å². The molecule has 2 aliphatic rings. The zero-order chi connectivity index (χ0) is 13.6. The van der Waals surface area contributed by atoms with Gasteiger partial charge in [-0.25, -0.2) is 4.79 Å². The van der Waals surface area contributed by atoms with Crippen molar-refractivity contribution in [3.63, 3.8) is 0 Å². The number of carbonyl (C=O) groups is 3. The van der Waals surface area contributed by atoms with Crippen LogP contribution in [0.4, 0.5) is 4.79 Å². The van der Waals surface area contributed by atoms with Crippen LogP contribution in [0.1, 0.15) is 52.9 Å². The van der Waals surface area contributed by atoms with Crippen molar-refractivity contribution in [1.29, 1.82) is 0 Å². The number of hydrogen-bond donors (Lipinski definition) is 1. The second-order valence-electron chi connectivity index (χ2n) is 5.90. The number of hydrogen-bond acceptors (Lipinski definition) is 3. The Balaban J connectivity index is 2.33. The highest BCUT2D eigenvalue weighted by molar-refractivity contribution is 6.20. The van der Waals surface area contributed by atoms with Crippen LogP contribution in [0, 0.1) is 5.41 Å². The first kappa shape index (κ1) is 13.1. The van der Waals surface area contributed by atoms with Gasteiger partial charge in [-0.05, 0) is 33.1 Å². The van der Waals surface area contributed by atoms with Gasteiger partial charge in [0.05, 0.1) is 0 Å². The third-order valence-electron chi connectivity index (χ3n) is 4.14. The van der Waals surface area contributed by atoms with Crippen LogP contribution in [-0.2, 0) is 9.59 Å². The average molecular weight is 252 g/mol. The predicted molar refractivity (Wildman–Crippen MR) is 65.7 cm³/mol. The Hall–Kier alpha value is -1.39. The molecule has 1 heterocycles. The van der Waals surface area contributed by atoms with Gasteiger partial charge in [0.2, 0.25) is 11.8 Å². The number of amides is 4. The number of urea groups is 1. The smallest absolute Gasteiger partial charge is 0.277 e. The summed E-state index contributed by atoms with van der Waals surface area (Å²) in [6.07, 6.45) is 3.60. The molecule has 100 valence electrons. The van der Waals surface area contributed by atoms with Crippen molar-refractivity contribution in [2.45, 2.75) is 58.4 Å². The summed E-state index contributed by atoms with van der Waals surface area (Å²) in [6, 6.07) is -0.569. The van der Waals surface area contributed by atoms with E-state index in [4.69, 9.17) is 0 Å². The predicted octanol–water partition coefficient (Wildman–Crippen LogP) is 1.81. The minimum atomic E-state index is -0.959. The molecule has 1 aliphatic heterocycles.